The van der Waals surface area contributed by atoms with Crippen LogP contribution in [0.3, 0.4) is 0 Å². The van der Waals surface area contributed by atoms with Crippen molar-refractivity contribution in [2.45, 2.75) is 0 Å². The summed E-state index contributed by atoms with van der Waals surface area (Å²) < 4.78 is 11.3. The number of para-hydroxylation sites is 1. The van der Waals surface area contributed by atoms with E-state index in [2.05, 4.69) is 5.21 Å². The number of rotatable bonds is 1. The Kier molecular flexibility index (Phi) is 1.99. The van der Waals surface area contributed by atoms with Crippen molar-refractivity contribution in [3.8, 4) is 5.75 Å². The van der Waals surface area contributed by atoms with Crippen molar-refractivity contribution in [1.29, 1.82) is 0 Å². The Morgan fingerprint density at radius 3 is 2.70 bits per heavy atom. The minimum absolute atomic E-state index is 0.0314. The number of hydrogen-bond acceptors (Lipinski definition) is 2. The van der Waals surface area contributed by atoms with Gasteiger partial charge in [0.2, 0.25) is 0 Å². The van der Waals surface area contributed by atoms with Gasteiger partial charge < -0.3 is 5.11 Å². The molecule has 0 radical (unpaired) electrons. The number of nitrogens with zero attached hydrogens (tertiary/aromatic N) is 1. The van der Waals surface area contributed by atoms with E-state index in [1.54, 1.807) is 18.2 Å². The Bertz CT molecular complexity index is 247. The fourth-order valence-corrected chi connectivity index (χ4v) is 0.649. The fourth-order valence-electron chi connectivity index (χ4n) is 0.649. The number of hydrogen-bond donors (Lipinski definition) is 1. The van der Waals surface area contributed by atoms with Crippen molar-refractivity contribution in [3.05, 3.63) is 29.8 Å². The molecule has 52 valence electrons. The zero-order valence-corrected chi connectivity index (χ0v) is 5.16. The van der Waals surface area contributed by atoms with E-state index < -0.39 is 0 Å². The standard InChI is InChI=1S/C7H6FNO/c8-9-5-6-3-1-2-4-7(6)10/h1-5,10H/b9-5+. The predicted molar refractivity (Wildman–Crippen MR) is 36.8 cm³/mol. The number of halogens is 1. The molecule has 0 atom stereocenters. The average Bonchev–Trinajstić information content (AvgIpc) is 1.94. The van der Waals surface area contributed by atoms with Gasteiger partial charge >= 0.3 is 0 Å². The van der Waals surface area contributed by atoms with E-state index >= 15 is 0 Å². The Hall–Kier alpha value is -1.38. The summed E-state index contributed by atoms with van der Waals surface area (Å²) in [6.07, 6.45) is 0.954. The van der Waals surface area contributed by atoms with Crippen molar-refractivity contribution in [2.75, 3.05) is 0 Å². The topological polar surface area (TPSA) is 32.6 Å². The molecular weight excluding hydrogens is 133 g/mol. The molecule has 0 unspecified atom stereocenters. The molecule has 1 N–H and O–H groups in total. The van der Waals surface area contributed by atoms with Crippen LogP contribution < -0.4 is 0 Å². The average molecular weight is 139 g/mol. The summed E-state index contributed by atoms with van der Waals surface area (Å²) in [6.45, 7) is 0. The number of phenolic OH excluding ortho intramolecular Hbond substituents is 1. The zero-order chi connectivity index (χ0) is 7.40. The second-order valence-electron chi connectivity index (χ2n) is 1.79. The first-order chi connectivity index (χ1) is 4.84. The number of aromatic hydroxyl groups is 1. The van der Waals surface area contributed by atoms with Crippen molar-refractivity contribution in [3.63, 3.8) is 0 Å². The van der Waals surface area contributed by atoms with Gasteiger partial charge in [-0.25, -0.2) is 0 Å². The van der Waals surface area contributed by atoms with Crippen LogP contribution in [0.2, 0.25) is 0 Å². The third-order valence-electron chi connectivity index (χ3n) is 1.12. The molecule has 0 saturated heterocycles. The van der Waals surface area contributed by atoms with Crippen LogP contribution in [0.1, 0.15) is 5.56 Å². The highest BCUT2D eigenvalue weighted by atomic mass is 19.2. The van der Waals surface area contributed by atoms with Crippen LogP contribution in [0.4, 0.5) is 4.48 Å². The molecule has 0 bridgehead atoms. The van der Waals surface area contributed by atoms with Gasteiger partial charge in [0, 0.05) is 5.56 Å². The summed E-state index contributed by atoms with van der Waals surface area (Å²) in [7, 11) is 0. The third-order valence-corrected chi connectivity index (χ3v) is 1.12. The van der Waals surface area contributed by atoms with Crippen molar-refractivity contribution in [1.82, 2.24) is 0 Å². The molecular formula is C7H6FNO. The van der Waals surface area contributed by atoms with E-state index in [0.29, 0.717) is 5.56 Å². The molecule has 0 amide bonds. The van der Waals surface area contributed by atoms with Gasteiger partial charge in [0.05, 0.1) is 6.21 Å². The van der Waals surface area contributed by atoms with Crippen LogP contribution in [-0.2, 0) is 0 Å². The molecule has 0 aromatic heterocycles. The Morgan fingerprint density at radius 1 is 1.40 bits per heavy atom. The van der Waals surface area contributed by atoms with Crippen molar-refractivity contribution >= 4 is 6.21 Å². The second-order valence-corrected chi connectivity index (χ2v) is 1.79. The maximum Gasteiger partial charge on any atom is 0.124 e. The van der Waals surface area contributed by atoms with Gasteiger partial charge in [-0.1, -0.05) is 21.8 Å². The van der Waals surface area contributed by atoms with E-state index in [9.17, 15) is 4.48 Å². The highest BCUT2D eigenvalue weighted by Gasteiger charge is 1.92. The molecule has 0 aliphatic heterocycles. The number of benzene rings is 1. The first-order valence-electron chi connectivity index (χ1n) is 2.77. The predicted octanol–water partition coefficient (Wildman–Crippen LogP) is 1.70. The van der Waals surface area contributed by atoms with Crippen LogP contribution in [0.15, 0.2) is 29.5 Å². The van der Waals surface area contributed by atoms with Gasteiger partial charge in [-0.2, -0.15) is 0 Å². The van der Waals surface area contributed by atoms with Gasteiger partial charge in [0.25, 0.3) is 0 Å². The maximum atomic E-state index is 11.3. The molecule has 1 rings (SSSR count). The molecule has 0 spiro atoms. The van der Waals surface area contributed by atoms with Crippen LogP contribution in [0.5, 0.6) is 5.75 Å². The van der Waals surface area contributed by atoms with Crippen LogP contribution in [0, 0.1) is 0 Å². The minimum atomic E-state index is 0.0314. The fraction of sp³-hybridized carbons (Fsp3) is 0. The molecule has 0 aliphatic rings. The van der Waals surface area contributed by atoms with Gasteiger partial charge in [-0.05, 0) is 12.1 Å². The Labute approximate surface area is 57.6 Å². The third kappa shape index (κ3) is 1.31. The summed E-state index contributed by atoms with van der Waals surface area (Å²) in [5.74, 6) is 0.0314. The van der Waals surface area contributed by atoms with E-state index in [0.717, 1.165) is 6.21 Å². The molecule has 0 aliphatic carbocycles. The van der Waals surface area contributed by atoms with E-state index in [4.69, 9.17) is 5.11 Å². The van der Waals surface area contributed by atoms with Crippen LogP contribution in [0.25, 0.3) is 0 Å². The molecule has 0 heterocycles. The van der Waals surface area contributed by atoms with Crippen LogP contribution in [-0.4, -0.2) is 11.3 Å². The van der Waals surface area contributed by atoms with Gasteiger partial charge in [-0.3, -0.25) is 0 Å². The van der Waals surface area contributed by atoms with Crippen LogP contribution >= 0.6 is 0 Å². The smallest absolute Gasteiger partial charge is 0.124 e. The van der Waals surface area contributed by atoms with E-state index in [-0.39, 0.29) is 5.75 Å². The lowest BCUT2D eigenvalue weighted by Gasteiger charge is -1.93. The molecule has 2 nitrogen and oxygen atoms in total. The summed E-state index contributed by atoms with van der Waals surface area (Å²) in [6, 6.07) is 6.39. The second kappa shape index (κ2) is 2.96. The Balaban J connectivity index is 3.03. The first-order valence-corrected chi connectivity index (χ1v) is 2.77. The lowest BCUT2D eigenvalue weighted by Crippen LogP contribution is -1.78. The molecule has 1 aromatic rings. The lowest BCUT2D eigenvalue weighted by atomic mass is 10.2. The summed E-state index contributed by atoms with van der Waals surface area (Å²) in [4.78, 5) is 0. The number of phenols is 1. The minimum Gasteiger partial charge on any atom is -0.507 e. The SMILES string of the molecule is Oc1ccccc1/C=N/F. The summed E-state index contributed by atoms with van der Waals surface area (Å²) >= 11 is 0. The molecule has 10 heavy (non-hydrogen) atoms. The van der Waals surface area contributed by atoms with E-state index in [1.807, 2.05) is 0 Å². The lowest BCUT2D eigenvalue weighted by molar-refractivity contribution is 0.473. The van der Waals surface area contributed by atoms with E-state index in [1.165, 1.54) is 6.07 Å². The Morgan fingerprint density at radius 2 is 2.10 bits per heavy atom. The van der Waals surface area contributed by atoms with Gasteiger partial charge in [-0.15, -0.1) is 0 Å². The first kappa shape index (κ1) is 6.74. The highest BCUT2D eigenvalue weighted by molar-refractivity contribution is 5.82. The molecule has 0 saturated carbocycles. The van der Waals surface area contributed by atoms with Gasteiger partial charge in [0.1, 0.15) is 5.75 Å². The zero-order valence-electron chi connectivity index (χ0n) is 5.16. The van der Waals surface area contributed by atoms with Crippen molar-refractivity contribution in [2.24, 2.45) is 5.21 Å². The molecule has 3 heteroatoms. The monoisotopic (exact) mass is 139 g/mol. The maximum absolute atomic E-state index is 11.3. The summed E-state index contributed by atoms with van der Waals surface area (Å²) in [5, 5.41) is 11.3. The quantitative estimate of drug-likeness (QED) is 0.590. The molecule has 0 fully saturated rings. The summed E-state index contributed by atoms with van der Waals surface area (Å²) in [5.41, 5.74) is 0.380. The molecule has 1 aromatic carbocycles. The van der Waals surface area contributed by atoms with Gasteiger partial charge in [0.15, 0.2) is 0 Å². The highest BCUT2D eigenvalue weighted by Crippen LogP contribution is 2.12. The normalized spacial score (nSPS) is 10.5. The van der Waals surface area contributed by atoms with Crippen molar-refractivity contribution < 1.29 is 9.59 Å². The largest absolute Gasteiger partial charge is 0.507 e.